The van der Waals surface area contributed by atoms with Gasteiger partial charge < -0.3 is 15.0 Å². The van der Waals surface area contributed by atoms with Crippen LogP contribution in [0.1, 0.15) is 25.8 Å². The summed E-state index contributed by atoms with van der Waals surface area (Å²) < 4.78 is 47.3. The van der Waals surface area contributed by atoms with Crippen molar-refractivity contribution in [1.82, 2.24) is 10.2 Å². The van der Waals surface area contributed by atoms with E-state index >= 15 is 0 Å². The number of carbonyl (C=O) groups is 2. The van der Waals surface area contributed by atoms with Crippen molar-refractivity contribution in [3.63, 3.8) is 0 Å². The molecule has 2 amide bonds. The summed E-state index contributed by atoms with van der Waals surface area (Å²) in [5, 5.41) is 3.44. The SMILES string of the molecule is CCCNC(=O)[C@@H](C)N(Cc1ccc(Cl)cc1Cl)C(=O)CN(c1ccc(F)cc1)S(=O)(=O)c1ccc(OC)cc1. The normalized spacial score (nSPS) is 11.9. The molecule has 40 heavy (non-hydrogen) atoms. The van der Waals surface area contributed by atoms with Gasteiger partial charge in [0.25, 0.3) is 10.0 Å². The largest absolute Gasteiger partial charge is 0.497 e. The predicted octanol–water partition coefficient (Wildman–Crippen LogP) is 5.28. The fourth-order valence-electron chi connectivity index (χ4n) is 3.82. The average Bonchev–Trinajstić information content (AvgIpc) is 2.94. The maximum atomic E-state index is 13.9. The summed E-state index contributed by atoms with van der Waals surface area (Å²) in [5.74, 6) is -1.21. The van der Waals surface area contributed by atoms with Gasteiger partial charge in [-0.1, -0.05) is 36.2 Å². The molecule has 1 N–H and O–H groups in total. The molecular weight excluding hydrogens is 580 g/mol. The highest BCUT2D eigenvalue weighted by molar-refractivity contribution is 7.92. The van der Waals surface area contributed by atoms with Gasteiger partial charge in [0.15, 0.2) is 0 Å². The van der Waals surface area contributed by atoms with Crippen molar-refractivity contribution in [2.75, 3.05) is 24.5 Å². The van der Waals surface area contributed by atoms with Crippen LogP contribution >= 0.6 is 23.2 Å². The molecule has 0 fully saturated rings. The lowest BCUT2D eigenvalue weighted by Crippen LogP contribution is -2.51. The maximum absolute atomic E-state index is 13.9. The number of methoxy groups -OCH3 is 1. The molecule has 8 nitrogen and oxygen atoms in total. The van der Waals surface area contributed by atoms with Gasteiger partial charge >= 0.3 is 0 Å². The number of nitrogens with one attached hydrogen (secondary N) is 1. The number of benzene rings is 3. The highest BCUT2D eigenvalue weighted by atomic mass is 35.5. The first-order chi connectivity index (χ1) is 19.0. The minimum absolute atomic E-state index is 0.0677. The lowest BCUT2D eigenvalue weighted by molar-refractivity contribution is -0.139. The molecular formula is C28H30Cl2FN3O5S. The molecule has 0 aliphatic carbocycles. The Labute approximate surface area is 243 Å². The molecule has 3 aromatic rings. The van der Waals surface area contributed by atoms with E-state index in [1.807, 2.05) is 6.92 Å². The molecule has 0 radical (unpaired) electrons. The average molecular weight is 611 g/mol. The second kappa shape index (κ2) is 13.8. The van der Waals surface area contributed by atoms with E-state index in [0.29, 0.717) is 29.3 Å². The van der Waals surface area contributed by atoms with Gasteiger partial charge in [-0.2, -0.15) is 0 Å². The maximum Gasteiger partial charge on any atom is 0.264 e. The molecule has 1 atom stereocenters. The molecule has 0 spiro atoms. The summed E-state index contributed by atoms with van der Waals surface area (Å²) in [6, 6.07) is 14.2. The predicted molar refractivity (Wildman–Crippen MR) is 154 cm³/mol. The number of anilines is 1. The van der Waals surface area contributed by atoms with Crippen LogP contribution in [-0.4, -0.2) is 51.4 Å². The van der Waals surface area contributed by atoms with Crippen LogP contribution in [-0.2, 0) is 26.2 Å². The number of hydrogen-bond acceptors (Lipinski definition) is 5. The number of amides is 2. The van der Waals surface area contributed by atoms with Crippen LogP contribution in [0.25, 0.3) is 0 Å². The Morgan fingerprint density at radius 3 is 2.25 bits per heavy atom. The van der Waals surface area contributed by atoms with E-state index in [0.717, 1.165) is 16.4 Å². The quantitative estimate of drug-likeness (QED) is 0.301. The van der Waals surface area contributed by atoms with E-state index in [9.17, 15) is 22.4 Å². The van der Waals surface area contributed by atoms with Gasteiger partial charge in [0.1, 0.15) is 24.2 Å². The number of nitrogens with zero attached hydrogens (tertiary/aromatic N) is 2. The van der Waals surface area contributed by atoms with Gasteiger partial charge in [-0.05, 0) is 79.6 Å². The number of halogens is 3. The first-order valence-corrected chi connectivity index (χ1v) is 14.6. The van der Waals surface area contributed by atoms with Crippen molar-refractivity contribution in [2.24, 2.45) is 0 Å². The molecule has 0 aliphatic heterocycles. The first kappa shape index (κ1) is 31.2. The topological polar surface area (TPSA) is 96.0 Å². The van der Waals surface area contributed by atoms with E-state index in [1.54, 1.807) is 19.1 Å². The molecule has 3 aromatic carbocycles. The van der Waals surface area contributed by atoms with Gasteiger partial charge in [-0.3, -0.25) is 13.9 Å². The van der Waals surface area contributed by atoms with Crippen LogP contribution < -0.4 is 14.4 Å². The summed E-state index contributed by atoms with van der Waals surface area (Å²) in [6.07, 6.45) is 0.688. The third kappa shape index (κ3) is 7.65. The molecule has 0 saturated carbocycles. The summed E-state index contributed by atoms with van der Waals surface area (Å²) in [4.78, 5) is 27.9. The van der Waals surface area contributed by atoms with E-state index < -0.39 is 40.2 Å². The van der Waals surface area contributed by atoms with E-state index in [-0.39, 0.29) is 22.2 Å². The molecule has 0 bridgehead atoms. The Bertz CT molecular complexity index is 1440. The summed E-state index contributed by atoms with van der Waals surface area (Å²) in [5.41, 5.74) is 0.582. The monoisotopic (exact) mass is 609 g/mol. The van der Waals surface area contributed by atoms with Crippen LogP contribution in [0.15, 0.2) is 71.6 Å². The van der Waals surface area contributed by atoms with E-state index in [1.165, 1.54) is 54.5 Å². The first-order valence-electron chi connectivity index (χ1n) is 12.4. The van der Waals surface area contributed by atoms with Gasteiger partial charge in [-0.15, -0.1) is 0 Å². The Morgan fingerprint density at radius 1 is 1.02 bits per heavy atom. The number of carbonyl (C=O) groups excluding carboxylic acids is 2. The van der Waals surface area contributed by atoms with E-state index in [2.05, 4.69) is 5.32 Å². The summed E-state index contributed by atoms with van der Waals surface area (Å²) in [6.45, 7) is 3.09. The van der Waals surface area contributed by atoms with Crippen molar-refractivity contribution in [1.29, 1.82) is 0 Å². The Morgan fingerprint density at radius 2 is 1.68 bits per heavy atom. The third-order valence-electron chi connectivity index (χ3n) is 6.11. The van der Waals surface area contributed by atoms with Gasteiger partial charge in [0, 0.05) is 23.1 Å². The zero-order chi connectivity index (χ0) is 29.4. The van der Waals surface area contributed by atoms with Crippen LogP contribution in [0.5, 0.6) is 5.75 Å². The molecule has 214 valence electrons. The summed E-state index contributed by atoms with van der Waals surface area (Å²) in [7, 11) is -2.85. The van der Waals surface area contributed by atoms with Gasteiger partial charge in [-0.25, -0.2) is 12.8 Å². The fourth-order valence-corrected chi connectivity index (χ4v) is 5.71. The molecule has 3 rings (SSSR count). The number of ether oxygens (including phenoxy) is 1. The third-order valence-corrected chi connectivity index (χ3v) is 8.49. The van der Waals surface area contributed by atoms with Crippen molar-refractivity contribution in [2.45, 2.75) is 37.8 Å². The zero-order valence-corrected chi connectivity index (χ0v) is 24.6. The lowest BCUT2D eigenvalue weighted by Gasteiger charge is -2.32. The molecule has 0 heterocycles. The van der Waals surface area contributed by atoms with Crippen LogP contribution in [0, 0.1) is 5.82 Å². The van der Waals surface area contributed by atoms with Crippen molar-refractivity contribution in [3.05, 3.63) is 88.2 Å². The van der Waals surface area contributed by atoms with E-state index in [4.69, 9.17) is 27.9 Å². The van der Waals surface area contributed by atoms with Gasteiger partial charge in [0.2, 0.25) is 11.8 Å². The highest BCUT2D eigenvalue weighted by Gasteiger charge is 2.32. The molecule has 0 aromatic heterocycles. The Kier molecular flexibility index (Phi) is 10.8. The molecule has 0 unspecified atom stereocenters. The molecule has 12 heteroatoms. The standard InChI is InChI=1S/C28H30Cl2FN3O5S/c1-4-15-32-28(36)19(2)33(17-20-5-6-21(29)16-26(20)30)27(35)18-34(23-9-7-22(31)8-10-23)40(37,38)25-13-11-24(39-3)12-14-25/h5-14,16,19H,4,15,17-18H2,1-3H3,(H,32,36)/t19-/m1/s1. The van der Waals surface area contributed by atoms with Crippen molar-refractivity contribution in [3.8, 4) is 5.75 Å². The van der Waals surface area contributed by atoms with Gasteiger partial charge in [0.05, 0.1) is 17.7 Å². The number of rotatable bonds is 12. The van der Waals surface area contributed by atoms with Crippen molar-refractivity contribution >= 4 is 50.7 Å². The highest BCUT2D eigenvalue weighted by Crippen LogP contribution is 2.27. The van der Waals surface area contributed by atoms with Crippen LogP contribution in [0.2, 0.25) is 10.0 Å². The lowest BCUT2D eigenvalue weighted by atomic mass is 10.1. The minimum atomic E-state index is -4.30. The Balaban J connectivity index is 2.03. The number of hydrogen-bond donors (Lipinski definition) is 1. The number of sulfonamides is 1. The fraction of sp³-hybridized carbons (Fsp3) is 0.286. The summed E-state index contributed by atoms with van der Waals surface area (Å²) >= 11 is 12.4. The zero-order valence-electron chi connectivity index (χ0n) is 22.2. The molecule has 0 aliphatic rings. The van der Waals surface area contributed by atoms with Crippen LogP contribution in [0.3, 0.4) is 0 Å². The van der Waals surface area contributed by atoms with Crippen molar-refractivity contribution < 1.29 is 27.1 Å². The second-order valence-electron chi connectivity index (χ2n) is 8.89. The minimum Gasteiger partial charge on any atom is -0.497 e. The smallest absolute Gasteiger partial charge is 0.264 e. The molecule has 0 saturated heterocycles. The van der Waals surface area contributed by atoms with Crippen LogP contribution in [0.4, 0.5) is 10.1 Å². The second-order valence-corrected chi connectivity index (χ2v) is 11.6. The Hall–Kier alpha value is -3.34.